The van der Waals surface area contributed by atoms with Gasteiger partial charge in [0.05, 0.1) is 13.7 Å². The van der Waals surface area contributed by atoms with Crippen LogP contribution in [-0.2, 0) is 6.54 Å². The number of benzene rings is 2. The summed E-state index contributed by atoms with van der Waals surface area (Å²) >= 11 is 3.61. The number of hydrogen-bond donors (Lipinski definition) is 1. The van der Waals surface area contributed by atoms with Gasteiger partial charge in [0.15, 0.2) is 11.5 Å². The van der Waals surface area contributed by atoms with Crippen molar-refractivity contribution < 1.29 is 9.47 Å². The average molecular weight is 364 g/mol. The van der Waals surface area contributed by atoms with Gasteiger partial charge in [0.1, 0.15) is 0 Å². The highest BCUT2D eigenvalue weighted by Gasteiger charge is 2.11. The molecule has 2 aromatic carbocycles. The molecule has 3 nitrogen and oxygen atoms in total. The third-order valence-electron chi connectivity index (χ3n) is 3.53. The molecule has 0 heterocycles. The molecule has 4 heteroatoms. The summed E-state index contributed by atoms with van der Waals surface area (Å²) in [5, 5.41) is 3.53. The van der Waals surface area contributed by atoms with E-state index in [-0.39, 0.29) is 6.04 Å². The molecule has 1 unspecified atom stereocenters. The zero-order chi connectivity index (χ0) is 15.9. The molecule has 118 valence electrons. The molecule has 1 atom stereocenters. The number of halogens is 1. The Morgan fingerprint density at radius 2 is 1.86 bits per heavy atom. The Balaban J connectivity index is 2.09. The van der Waals surface area contributed by atoms with Crippen LogP contribution in [0.25, 0.3) is 0 Å². The average Bonchev–Trinajstić information content (AvgIpc) is 2.55. The molecule has 0 radical (unpaired) electrons. The molecule has 1 N–H and O–H groups in total. The second-order valence-electron chi connectivity index (χ2n) is 5.04. The van der Waals surface area contributed by atoms with Crippen LogP contribution < -0.4 is 14.8 Å². The maximum Gasteiger partial charge on any atom is 0.162 e. The molecule has 0 saturated carbocycles. The molecule has 0 amide bonds. The Bertz CT molecular complexity index is 602. The molecule has 2 rings (SSSR count). The first-order chi connectivity index (χ1) is 10.7. The van der Waals surface area contributed by atoms with Gasteiger partial charge >= 0.3 is 0 Å². The summed E-state index contributed by atoms with van der Waals surface area (Å²) in [5.74, 6) is 1.52. The van der Waals surface area contributed by atoms with Crippen molar-refractivity contribution in [3.8, 4) is 11.5 Å². The molecule has 2 aromatic rings. The largest absolute Gasteiger partial charge is 0.493 e. The van der Waals surface area contributed by atoms with Crippen LogP contribution in [0, 0.1) is 0 Å². The van der Waals surface area contributed by atoms with E-state index >= 15 is 0 Å². The topological polar surface area (TPSA) is 30.5 Å². The SMILES string of the molecule is CCOc1cc(Br)c(CNC(C)c2ccccc2)cc1OC. The third kappa shape index (κ3) is 4.24. The molecule has 0 fully saturated rings. The standard InChI is InChI=1S/C18H22BrNO2/c1-4-22-18-11-16(19)15(10-17(18)21-3)12-20-13(2)14-8-6-5-7-9-14/h5-11,13,20H,4,12H2,1-3H3. The van der Waals surface area contributed by atoms with Gasteiger partial charge in [-0.3, -0.25) is 0 Å². The Hall–Kier alpha value is -1.52. The second-order valence-corrected chi connectivity index (χ2v) is 5.90. The molecule has 0 aliphatic rings. The van der Waals surface area contributed by atoms with E-state index in [9.17, 15) is 0 Å². The van der Waals surface area contributed by atoms with Crippen LogP contribution in [0.5, 0.6) is 11.5 Å². The van der Waals surface area contributed by atoms with Crippen molar-refractivity contribution in [2.45, 2.75) is 26.4 Å². The Labute approximate surface area is 140 Å². The minimum absolute atomic E-state index is 0.283. The van der Waals surface area contributed by atoms with Gasteiger partial charge in [0.2, 0.25) is 0 Å². The maximum atomic E-state index is 5.58. The number of nitrogens with one attached hydrogen (secondary N) is 1. The number of rotatable bonds is 7. The first kappa shape index (κ1) is 16.8. The van der Waals surface area contributed by atoms with Crippen LogP contribution in [0.15, 0.2) is 46.9 Å². The zero-order valence-corrected chi connectivity index (χ0v) is 14.8. The highest BCUT2D eigenvalue weighted by atomic mass is 79.9. The first-order valence-electron chi connectivity index (χ1n) is 7.43. The summed E-state index contributed by atoms with van der Waals surface area (Å²) in [5.41, 5.74) is 2.42. The minimum atomic E-state index is 0.283. The van der Waals surface area contributed by atoms with Crippen molar-refractivity contribution in [3.63, 3.8) is 0 Å². The fourth-order valence-corrected chi connectivity index (χ4v) is 2.73. The second kappa shape index (κ2) is 8.20. The van der Waals surface area contributed by atoms with Crippen molar-refractivity contribution in [2.75, 3.05) is 13.7 Å². The number of hydrogen-bond acceptors (Lipinski definition) is 3. The third-order valence-corrected chi connectivity index (χ3v) is 4.27. The summed E-state index contributed by atoms with van der Waals surface area (Å²) in [4.78, 5) is 0. The molecule has 0 bridgehead atoms. The van der Waals surface area contributed by atoms with Crippen LogP contribution in [0.2, 0.25) is 0 Å². The molecule has 22 heavy (non-hydrogen) atoms. The lowest BCUT2D eigenvalue weighted by Gasteiger charge is -2.17. The van der Waals surface area contributed by atoms with Crippen LogP contribution in [0.1, 0.15) is 31.0 Å². The van der Waals surface area contributed by atoms with Gasteiger partial charge in [-0.05, 0) is 37.1 Å². The number of methoxy groups -OCH3 is 1. The quantitative estimate of drug-likeness (QED) is 0.772. The molecule has 0 aliphatic carbocycles. The minimum Gasteiger partial charge on any atom is -0.493 e. The van der Waals surface area contributed by atoms with Gasteiger partial charge in [-0.25, -0.2) is 0 Å². The lowest BCUT2D eigenvalue weighted by atomic mass is 10.1. The van der Waals surface area contributed by atoms with Gasteiger partial charge in [0.25, 0.3) is 0 Å². The predicted octanol–water partition coefficient (Wildman–Crippen LogP) is 4.71. The van der Waals surface area contributed by atoms with Crippen LogP contribution in [-0.4, -0.2) is 13.7 Å². The van der Waals surface area contributed by atoms with Gasteiger partial charge in [-0.1, -0.05) is 46.3 Å². The Kier molecular flexibility index (Phi) is 6.28. The molecule has 0 saturated heterocycles. The van der Waals surface area contributed by atoms with Crippen LogP contribution >= 0.6 is 15.9 Å². The zero-order valence-electron chi connectivity index (χ0n) is 13.2. The van der Waals surface area contributed by atoms with E-state index in [1.807, 2.05) is 25.1 Å². The molecule has 0 aromatic heterocycles. The monoisotopic (exact) mass is 363 g/mol. The normalized spacial score (nSPS) is 12.0. The summed E-state index contributed by atoms with van der Waals surface area (Å²) in [6.45, 7) is 5.49. The molecule has 0 spiro atoms. The lowest BCUT2D eigenvalue weighted by Crippen LogP contribution is -2.18. The van der Waals surface area contributed by atoms with E-state index in [4.69, 9.17) is 9.47 Å². The summed E-state index contributed by atoms with van der Waals surface area (Å²) in [6, 6.07) is 14.7. The Morgan fingerprint density at radius 1 is 1.14 bits per heavy atom. The lowest BCUT2D eigenvalue weighted by molar-refractivity contribution is 0.310. The molecular formula is C18H22BrNO2. The van der Waals surface area contributed by atoms with E-state index in [2.05, 4.69) is 52.4 Å². The summed E-state index contributed by atoms with van der Waals surface area (Å²) in [6.07, 6.45) is 0. The van der Waals surface area contributed by atoms with Crippen LogP contribution in [0.3, 0.4) is 0 Å². The van der Waals surface area contributed by atoms with Crippen molar-refractivity contribution in [1.82, 2.24) is 5.32 Å². The van der Waals surface area contributed by atoms with E-state index < -0.39 is 0 Å². The summed E-state index contributed by atoms with van der Waals surface area (Å²) in [7, 11) is 1.66. The van der Waals surface area contributed by atoms with E-state index in [1.54, 1.807) is 7.11 Å². The van der Waals surface area contributed by atoms with Gasteiger partial charge in [-0.2, -0.15) is 0 Å². The van der Waals surface area contributed by atoms with E-state index in [1.165, 1.54) is 5.56 Å². The highest BCUT2D eigenvalue weighted by molar-refractivity contribution is 9.10. The fraction of sp³-hybridized carbons (Fsp3) is 0.333. The fourth-order valence-electron chi connectivity index (χ4n) is 2.26. The number of ether oxygens (including phenoxy) is 2. The predicted molar refractivity (Wildman–Crippen MR) is 93.6 cm³/mol. The smallest absolute Gasteiger partial charge is 0.162 e. The van der Waals surface area contributed by atoms with Crippen molar-refractivity contribution in [1.29, 1.82) is 0 Å². The molecular weight excluding hydrogens is 342 g/mol. The van der Waals surface area contributed by atoms with Crippen molar-refractivity contribution in [2.24, 2.45) is 0 Å². The maximum absolute atomic E-state index is 5.58. The van der Waals surface area contributed by atoms with E-state index in [0.717, 1.165) is 28.1 Å². The first-order valence-corrected chi connectivity index (χ1v) is 8.22. The van der Waals surface area contributed by atoms with Gasteiger partial charge < -0.3 is 14.8 Å². The molecule has 0 aliphatic heterocycles. The van der Waals surface area contributed by atoms with Crippen LogP contribution in [0.4, 0.5) is 0 Å². The van der Waals surface area contributed by atoms with Gasteiger partial charge in [-0.15, -0.1) is 0 Å². The van der Waals surface area contributed by atoms with Crippen molar-refractivity contribution >= 4 is 15.9 Å². The van der Waals surface area contributed by atoms with Gasteiger partial charge in [0, 0.05) is 17.1 Å². The van der Waals surface area contributed by atoms with Crippen molar-refractivity contribution in [3.05, 3.63) is 58.1 Å². The highest BCUT2D eigenvalue weighted by Crippen LogP contribution is 2.33. The summed E-state index contributed by atoms with van der Waals surface area (Å²) < 4.78 is 12.0. The van der Waals surface area contributed by atoms with E-state index in [0.29, 0.717) is 6.61 Å². The Morgan fingerprint density at radius 3 is 2.50 bits per heavy atom.